The van der Waals surface area contributed by atoms with E-state index in [4.69, 9.17) is 5.73 Å². The van der Waals surface area contributed by atoms with Gasteiger partial charge in [-0.3, -0.25) is 14.4 Å². The van der Waals surface area contributed by atoms with Gasteiger partial charge in [-0.25, -0.2) is 4.79 Å². The zero-order chi connectivity index (χ0) is 28.9. The van der Waals surface area contributed by atoms with Gasteiger partial charge in [-0.1, -0.05) is 84.0 Å². The number of nitrogens with two attached hydrogens (primary N) is 1. The van der Waals surface area contributed by atoms with Crippen molar-refractivity contribution in [2.75, 3.05) is 19.6 Å². The highest BCUT2D eigenvalue weighted by molar-refractivity contribution is 5.92. The number of carbonyl (C=O) groups excluding carboxylic acids is 3. The monoisotopic (exact) mass is 554 g/mol. The molecule has 1 saturated heterocycles. The van der Waals surface area contributed by atoms with Gasteiger partial charge in [-0.15, -0.1) is 0 Å². The molecule has 10 nitrogen and oxygen atoms in total. The number of aliphatic carboxylic acids is 1. The molecule has 0 radical (unpaired) electrons. The van der Waals surface area contributed by atoms with Gasteiger partial charge < -0.3 is 31.5 Å². The van der Waals surface area contributed by atoms with E-state index in [-0.39, 0.29) is 31.8 Å². The fourth-order valence-corrected chi connectivity index (χ4v) is 5.02. The first-order valence-corrected chi connectivity index (χ1v) is 15.3. The third-order valence-corrected chi connectivity index (χ3v) is 7.41. The number of carboxylic acids is 1. The molecule has 1 rings (SSSR count). The van der Waals surface area contributed by atoms with E-state index in [1.807, 2.05) is 0 Å². The number of carbonyl (C=O) groups is 4. The molecule has 3 amide bonds. The number of unbranched alkanes of at least 4 members (excludes halogenated alkanes) is 13. The molecule has 1 heterocycles. The third-order valence-electron chi connectivity index (χ3n) is 7.41. The topological polar surface area (TPSA) is 162 Å². The van der Waals surface area contributed by atoms with Crippen LogP contribution in [0.4, 0.5) is 0 Å². The maximum absolute atomic E-state index is 12.7. The summed E-state index contributed by atoms with van der Waals surface area (Å²) in [5, 5.41) is 24.6. The summed E-state index contributed by atoms with van der Waals surface area (Å²) in [5.41, 5.74) is 5.45. The van der Waals surface area contributed by atoms with Gasteiger partial charge in [0.15, 0.2) is 0 Å². The Bertz CT molecular complexity index is 720. The predicted molar refractivity (Wildman–Crippen MR) is 152 cm³/mol. The number of β-amino-alcohol motifs (C(OH)–C–C–N with tert-alkyl or cyclic N) is 1. The van der Waals surface area contributed by atoms with E-state index in [9.17, 15) is 29.4 Å². The van der Waals surface area contributed by atoms with Crippen molar-refractivity contribution in [2.24, 2.45) is 5.73 Å². The van der Waals surface area contributed by atoms with Crippen molar-refractivity contribution in [1.82, 2.24) is 15.5 Å². The molecule has 0 spiro atoms. The fourth-order valence-electron chi connectivity index (χ4n) is 5.02. The molecule has 0 aromatic heterocycles. The van der Waals surface area contributed by atoms with Crippen LogP contribution in [-0.2, 0) is 19.2 Å². The van der Waals surface area contributed by atoms with Crippen molar-refractivity contribution >= 4 is 23.7 Å². The van der Waals surface area contributed by atoms with Crippen LogP contribution in [-0.4, -0.2) is 76.6 Å². The smallest absolute Gasteiger partial charge is 0.326 e. The standard InChI is InChI=1S/C29H54N4O6/c1-2-3-4-5-6-7-8-9-10-11-12-13-14-18-26(35)31-21-27(36)33-22-23(34)20-25(33)28(37)32-24(29(38)39)17-15-16-19-30/h23-25,34H,2-22,30H2,1H3,(H,31,35)(H,32,37)(H,38,39)/t23?,24-,25?/m0/s1. The summed E-state index contributed by atoms with van der Waals surface area (Å²) in [6.07, 6.45) is 16.9. The lowest BCUT2D eigenvalue weighted by atomic mass is 10.0. The Morgan fingerprint density at radius 2 is 1.44 bits per heavy atom. The highest BCUT2D eigenvalue weighted by Crippen LogP contribution is 2.19. The zero-order valence-corrected chi connectivity index (χ0v) is 24.1. The first-order chi connectivity index (χ1) is 18.8. The van der Waals surface area contributed by atoms with Crippen LogP contribution in [0.1, 0.15) is 122 Å². The highest BCUT2D eigenvalue weighted by Gasteiger charge is 2.39. The lowest BCUT2D eigenvalue weighted by Crippen LogP contribution is -2.52. The van der Waals surface area contributed by atoms with Gasteiger partial charge in [-0.2, -0.15) is 0 Å². The quantitative estimate of drug-likeness (QED) is 0.121. The van der Waals surface area contributed by atoms with Crippen molar-refractivity contribution in [3.8, 4) is 0 Å². The molecule has 0 aliphatic carbocycles. The first-order valence-electron chi connectivity index (χ1n) is 15.3. The number of nitrogens with one attached hydrogen (secondary N) is 2. The molecule has 3 atom stereocenters. The van der Waals surface area contributed by atoms with E-state index in [1.54, 1.807) is 0 Å². The SMILES string of the molecule is CCCCCCCCCCCCCCCC(=O)NCC(=O)N1CC(O)CC1C(=O)N[C@@H](CCCCN)C(=O)O. The van der Waals surface area contributed by atoms with Crippen LogP contribution in [0.15, 0.2) is 0 Å². The molecule has 6 N–H and O–H groups in total. The third kappa shape index (κ3) is 15.8. The maximum Gasteiger partial charge on any atom is 0.326 e. The Balaban J connectivity index is 2.24. The second kappa shape index (κ2) is 21.6. The molecule has 0 saturated carbocycles. The van der Waals surface area contributed by atoms with Crippen LogP contribution >= 0.6 is 0 Å². The van der Waals surface area contributed by atoms with Gasteiger partial charge in [0.2, 0.25) is 17.7 Å². The molecule has 10 heteroatoms. The number of nitrogens with zero attached hydrogens (tertiary/aromatic N) is 1. The second-order valence-corrected chi connectivity index (χ2v) is 10.9. The normalized spacial score (nSPS) is 17.7. The number of hydrogen-bond acceptors (Lipinski definition) is 6. The first kappa shape index (κ1) is 34.8. The summed E-state index contributed by atoms with van der Waals surface area (Å²) >= 11 is 0. The number of aliphatic hydroxyl groups is 1. The number of aliphatic hydroxyl groups excluding tert-OH is 1. The number of likely N-dealkylation sites (tertiary alicyclic amines) is 1. The molecule has 1 fully saturated rings. The number of carboxylic acid groups (broad SMARTS) is 1. The summed E-state index contributed by atoms with van der Waals surface area (Å²) in [5.74, 6) is -2.45. The van der Waals surface area contributed by atoms with Crippen LogP contribution in [0, 0.1) is 0 Å². The summed E-state index contributed by atoms with van der Waals surface area (Å²) in [6.45, 7) is 2.38. The average molecular weight is 555 g/mol. The van der Waals surface area contributed by atoms with Crippen LogP contribution in [0.2, 0.25) is 0 Å². The molecule has 0 aromatic rings. The molecule has 0 aromatic carbocycles. The minimum atomic E-state index is -1.16. The Kier molecular flexibility index (Phi) is 19.3. The Hall–Kier alpha value is -2.20. The fraction of sp³-hybridized carbons (Fsp3) is 0.862. The lowest BCUT2D eigenvalue weighted by molar-refractivity contribution is -0.144. The van der Waals surface area contributed by atoms with Crippen LogP contribution in [0.3, 0.4) is 0 Å². The van der Waals surface area contributed by atoms with Gasteiger partial charge >= 0.3 is 5.97 Å². The van der Waals surface area contributed by atoms with E-state index in [0.717, 1.165) is 19.3 Å². The van der Waals surface area contributed by atoms with Crippen molar-refractivity contribution < 1.29 is 29.4 Å². The van der Waals surface area contributed by atoms with E-state index in [0.29, 0.717) is 25.8 Å². The Labute approximate surface area is 234 Å². The summed E-state index contributed by atoms with van der Waals surface area (Å²) in [7, 11) is 0. The molecule has 0 bridgehead atoms. The number of hydrogen-bond donors (Lipinski definition) is 5. The van der Waals surface area contributed by atoms with Crippen molar-refractivity contribution in [2.45, 2.75) is 141 Å². The van der Waals surface area contributed by atoms with Crippen LogP contribution in [0.25, 0.3) is 0 Å². The molecule has 39 heavy (non-hydrogen) atoms. The van der Waals surface area contributed by atoms with Crippen molar-refractivity contribution in [1.29, 1.82) is 0 Å². The van der Waals surface area contributed by atoms with Gasteiger partial charge in [0.05, 0.1) is 12.6 Å². The Morgan fingerprint density at radius 3 is 1.97 bits per heavy atom. The average Bonchev–Trinajstić information content (AvgIpc) is 3.31. The van der Waals surface area contributed by atoms with Gasteiger partial charge in [-0.05, 0) is 32.2 Å². The second-order valence-electron chi connectivity index (χ2n) is 10.9. The number of amides is 3. The zero-order valence-electron chi connectivity index (χ0n) is 24.1. The predicted octanol–water partition coefficient (Wildman–Crippen LogP) is 3.24. The van der Waals surface area contributed by atoms with Crippen molar-refractivity contribution in [3.63, 3.8) is 0 Å². The van der Waals surface area contributed by atoms with E-state index in [1.165, 1.54) is 69.1 Å². The maximum atomic E-state index is 12.7. The lowest BCUT2D eigenvalue weighted by Gasteiger charge is -2.25. The molecular formula is C29H54N4O6. The molecule has 2 unspecified atom stereocenters. The Morgan fingerprint density at radius 1 is 0.872 bits per heavy atom. The van der Waals surface area contributed by atoms with Gasteiger partial charge in [0.1, 0.15) is 12.1 Å². The van der Waals surface area contributed by atoms with Crippen molar-refractivity contribution in [3.05, 3.63) is 0 Å². The van der Waals surface area contributed by atoms with E-state index < -0.39 is 36.0 Å². The minimum absolute atomic E-state index is 0.0274. The van der Waals surface area contributed by atoms with Crippen LogP contribution < -0.4 is 16.4 Å². The summed E-state index contributed by atoms with van der Waals surface area (Å²) < 4.78 is 0. The largest absolute Gasteiger partial charge is 0.480 e. The molecule has 1 aliphatic heterocycles. The van der Waals surface area contributed by atoms with E-state index >= 15 is 0 Å². The minimum Gasteiger partial charge on any atom is -0.480 e. The molecule has 226 valence electrons. The summed E-state index contributed by atoms with van der Waals surface area (Å²) in [6, 6.07) is -2.06. The van der Waals surface area contributed by atoms with Gasteiger partial charge in [0.25, 0.3) is 0 Å². The molecular weight excluding hydrogens is 500 g/mol. The van der Waals surface area contributed by atoms with E-state index in [2.05, 4.69) is 17.6 Å². The molecule has 1 aliphatic rings. The highest BCUT2D eigenvalue weighted by atomic mass is 16.4. The number of rotatable bonds is 23. The summed E-state index contributed by atoms with van der Waals surface area (Å²) in [4.78, 5) is 50.4. The van der Waals surface area contributed by atoms with Crippen LogP contribution in [0.5, 0.6) is 0 Å². The van der Waals surface area contributed by atoms with Gasteiger partial charge in [0, 0.05) is 19.4 Å².